The van der Waals surface area contributed by atoms with Crippen LogP contribution in [-0.2, 0) is 0 Å². The zero-order valence-electron chi connectivity index (χ0n) is 13.9. The van der Waals surface area contributed by atoms with E-state index in [9.17, 15) is 0 Å². The van der Waals surface area contributed by atoms with Crippen LogP contribution in [0.2, 0.25) is 0 Å². The summed E-state index contributed by atoms with van der Waals surface area (Å²) < 4.78 is 10.8. The largest absolute Gasteiger partial charge is 0.493 e. The van der Waals surface area contributed by atoms with E-state index in [0.717, 1.165) is 43.6 Å². The van der Waals surface area contributed by atoms with Crippen molar-refractivity contribution in [3.8, 4) is 11.5 Å². The Bertz CT molecular complexity index is 478. The van der Waals surface area contributed by atoms with Crippen molar-refractivity contribution in [3.05, 3.63) is 23.8 Å². The van der Waals surface area contributed by atoms with E-state index in [0.29, 0.717) is 6.04 Å². The molecule has 1 saturated heterocycles. The number of halogens is 2. The molecule has 1 heterocycles. The molecule has 132 valence electrons. The third-order valence-corrected chi connectivity index (χ3v) is 4.64. The lowest BCUT2D eigenvalue weighted by Gasteiger charge is -2.35. The predicted octanol–water partition coefficient (Wildman–Crippen LogP) is 3.29. The van der Waals surface area contributed by atoms with Gasteiger partial charge >= 0.3 is 0 Å². The molecular formula is C17H28Cl2N2O2. The Balaban J connectivity index is 0.00000132. The van der Waals surface area contributed by atoms with Gasteiger partial charge < -0.3 is 14.8 Å². The maximum atomic E-state index is 5.48. The smallest absolute Gasteiger partial charge is 0.161 e. The number of benzene rings is 1. The Morgan fingerprint density at radius 2 is 1.74 bits per heavy atom. The topological polar surface area (TPSA) is 33.7 Å². The number of nitrogens with one attached hydrogen (secondary N) is 1. The number of ether oxygens (including phenoxy) is 2. The van der Waals surface area contributed by atoms with Crippen molar-refractivity contribution < 1.29 is 9.47 Å². The van der Waals surface area contributed by atoms with Crippen LogP contribution < -0.4 is 14.8 Å². The van der Waals surface area contributed by atoms with Gasteiger partial charge in [-0.25, -0.2) is 0 Å². The molecule has 0 spiro atoms. The molecule has 0 bridgehead atoms. The summed E-state index contributed by atoms with van der Waals surface area (Å²) in [4.78, 5) is 2.62. The first-order valence-corrected chi connectivity index (χ1v) is 7.98. The molecule has 2 fully saturated rings. The van der Waals surface area contributed by atoms with Crippen LogP contribution in [0, 0.1) is 5.92 Å². The number of piperazine rings is 1. The quantitative estimate of drug-likeness (QED) is 0.841. The van der Waals surface area contributed by atoms with Crippen molar-refractivity contribution in [3.63, 3.8) is 0 Å². The highest BCUT2D eigenvalue weighted by Crippen LogP contribution is 2.41. The molecule has 2 aliphatic rings. The van der Waals surface area contributed by atoms with Gasteiger partial charge in [-0.05, 0) is 30.0 Å². The van der Waals surface area contributed by atoms with E-state index >= 15 is 0 Å². The maximum absolute atomic E-state index is 5.48. The van der Waals surface area contributed by atoms with E-state index in [2.05, 4.69) is 22.3 Å². The highest BCUT2D eigenvalue weighted by atomic mass is 35.5. The van der Waals surface area contributed by atoms with Gasteiger partial charge in [0.05, 0.1) is 14.2 Å². The fourth-order valence-corrected chi connectivity index (χ4v) is 3.22. The van der Waals surface area contributed by atoms with Gasteiger partial charge in [0.15, 0.2) is 11.5 Å². The van der Waals surface area contributed by atoms with Gasteiger partial charge in [0.1, 0.15) is 0 Å². The first-order chi connectivity index (χ1) is 10.3. The molecular weight excluding hydrogens is 335 g/mol. The Morgan fingerprint density at radius 1 is 1.09 bits per heavy atom. The first kappa shape index (κ1) is 20.4. The molecule has 0 amide bonds. The normalized spacial score (nSPS) is 19.2. The molecule has 0 radical (unpaired) electrons. The van der Waals surface area contributed by atoms with Gasteiger partial charge in [0.25, 0.3) is 0 Å². The van der Waals surface area contributed by atoms with Crippen LogP contribution in [0.3, 0.4) is 0 Å². The average Bonchev–Trinajstić information content (AvgIpc) is 3.37. The third-order valence-electron chi connectivity index (χ3n) is 4.64. The first-order valence-electron chi connectivity index (χ1n) is 7.98. The number of hydrogen-bond acceptors (Lipinski definition) is 4. The molecule has 1 aromatic rings. The molecule has 0 aromatic heterocycles. The Hall–Kier alpha value is -0.680. The summed E-state index contributed by atoms with van der Waals surface area (Å²) >= 11 is 0. The summed E-state index contributed by atoms with van der Waals surface area (Å²) in [5.74, 6) is 2.57. The van der Waals surface area contributed by atoms with E-state index < -0.39 is 0 Å². The Morgan fingerprint density at radius 3 is 2.30 bits per heavy atom. The van der Waals surface area contributed by atoms with E-state index in [1.165, 1.54) is 24.8 Å². The van der Waals surface area contributed by atoms with Crippen molar-refractivity contribution in [2.45, 2.75) is 25.3 Å². The predicted molar refractivity (Wildman–Crippen MR) is 98.6 cm³/mol. The van der Waals surface area contributed by atoms with Crippen molar-refractivity contribution in [2.75, 3.05) is 40.4 Å². The number of nitrogens with zero attached hydrogens (tertiary/aromatic N) is 1. The highest BCUT2D eigenvalue weighted by Gasteiger charge is 2.30. The lowest BCUT2D eigenvalue weighted by Crippen LogP contribution is -2.45. The zero-order chi connectivity index (χ0) is 14.7. The zero-order valence-corrected chi connectivity index (χ0v) is 15.5. The summed E-state index contributed by atoms with van der Waals surface area (Å²) in [6, 6.07) is 6.92. The average molecular weight is 363 g/mol. The minimum absolute atomic E-state index is 0. The Kier molecular flexibility index (Phi) is 8.48. The molecule has 3 rings (SSSR count). The van der Waals surface area contributed by atoms with Crippen LogP contribution >= 0.6 is 24.8 Å². The standard InChI is InChI=1S/C17H26N2O2.2ClH/c1-20-16-6-5-14(12-17(16)21-2)15(11-13-3-4-13)19-9-7-18-8-10-19;;/h5-6,12-13,15,18H,3-4,7-11H2,1-2H3;2*1H/t15-;;/m0../s1. The van der Waals surface area contributed by atoms with Crippen LogP contribution in [0.1, 0.15) is 30.9 Å². The molecule has 1 aliphatic carbocycles. The van der Waals surface area contributed by atoms with Crippen LogP contribution in [0.25, 0.3) is 0 Å². The van der Waals surface area contributed by atoms with E-state index in [4.69, 9.17) is 9.47 Å². The van der Waals surface area contributed by atoms with Crippen LogP contribution in [0.5, 0.6) is 11.5 Å². The minimum Gasteiger partial charge on any atom is -0.493 e. The van der Waals surface area contributed by atoms with E-state index in [1.54, 1.807) is 14.2 Å². The van der Waals surface area contributed by atoms with Crippen LogP contribution in [-0.4, -0.2) is 45.3 Å². The second-order valence-corrected chi connectivity index (χ2v) is 6.10. The molecule has 23 heavy (non-hydrogen) atoms. The number of methoxy groups -OCH3 is 2. The summed E-state index contributed by atoms with van der Waals surface area (Å²) in [5, 5.41) is 3.44. The van der Waals surface area contributed by atoms with Gasteiger partial charge in [-0.2, -0.15) is 0 Å². The summed E-state index contributed by atoms with van der Waals surface area (Å²) in [6.07, 6.45) is 4.07. The summed E-state index contributed by atoms with van der Waals surface area (Å²) in [6.45, 7) is 4.44. The molecule has 4 nitrogen and oxygen atoms in total. The Labute approximate surface area is 151 Å². The van der Waals surface area contributed by atoms with Crippen molar-refractivity contribution in [2.24, 2.45) is 5.92 Å². The van der Waals surface area contributed by atoms with Crippen molar-refractivity contribution >= 4 is 24.8 Å². The maximum Gasteiger partial charge on any atom is 0.161 e. The lowest BCUT2D eigenvalue weighted by molar-refractivity contribution is 0.160. The van der Waals surface area contributed by atoms with Gasteiger partial charge in [-0.1, -0.05) is 18.9 Å². The molecule has 1 aromatic carbocycles. The fourth-order valence-electron chi connectivity index (χ4n) is 3.22. The van der Waals surface area contributed by atoms with Crippen molar-refractivity contribution in [1.82, 2.24) is 10.2 Å². The molecule has 1 aliphatic heterocycles. The molecule has 0 unspecified atom stereocenters. The van der Waals surface area contributed by atoms with Crippen LogP contribution in [0.4, 0.5) is 0 Å². The van der Waals surface area contributed by atoms with Gasteiger partial charge in [-0.15, -0.1) is 24.8 Å². The minimum atomic E-state index is 0. The summed E-state index contributed by atoms with van der Waals surface area (Å²) in [5.41, 5.74) is 1.36. The fraction of sp³-hybridized carbons (Fsp3) is 0.647. The number of rotatable bonds is 6. The van der Waals surface area contributed by atoms with E-state index in [1.807, 2.05) is 6.07 Å². The van der Waals surface area contributed by atoms with Gasteiger partial charge in [-0.3, -0.25) is 4.90 Å². The monoisotopic (exact) mass is 362 g/mol. The second kappa shape index (κ2) is 9.58. The SMILES string of the molecule is COc1ccc([C@H](CC2CC2)N2CCNCC2)cc1OC.Cl.Cl. The van der Waals surface area contributed by atoms with Gasteiger partial charge in [0, 0.05) is 32.2 Å². The molecule has 1 atom stereocenters. The molecule has 6 heteroatoms. The lowest BCUT2D eigenvalue weighted by atomic mass is 9.98. The van der Waals surface area contributed by atoms with E-state index in [-0.39, 0.29) is 24.8 Å². The van der Waals surface area contributed by atoms with Gasteiger partial charge in [0.2, 0.25) is 0 Å². The van der Waals surface area contributed by atoms with Crippen LogP contribution in [0.15, 0.2) is 18.2 Å². The third kappa shape index (κ3) is 5.15. The molecule has 1 saturated carbocycles. The highest BCUT2D eigenvalue weighted by molar-refractivity contribution is 5.85. The van der Waals surface area contributed by atoms with Crippen molar-refractivity contribution in [1.29, 1.82) is 0 Å². The summed E-state index contributed by atoms with van der Waals surface area (Å²) in [7, 11) is 3.40. The number of hydrogen-bond donors (Lipinski definition) is 1. The molecule has 1 N–H and O–H groups in total. The second-order valence-electron chi connectivity index (χ2n) is 6.10.